The lowest BCUT2D eigenvalue weighted by molar-refractivity contribution is 0.579. The van der Waals surface area contributed by atoms with Crippen LogP contribution in [-0.2, 0) is 9.84 Å². The van der Waals surface area contributed by atoms with Crippen LogP contribution in [0.1, 0.15) is 19.3 Å². The summed E-state index contributed by atoms with van der Waals surface area (Å²) in [5.74, 6) is 0. The van der Waals surface area contributed by atoms with Crippen molar-refractivity contribution < 1.29 is 8.42 Å². The van der Waals surface area contributed by atoms with Crippen molar-refractivity contribution in [1.82, 2.24) is 4.98 Å². The van der Waals surface area contributed by atoms with E-state index in [9.17, 15) is 8.42 Å². The first kappa shape index (κ1) is 12.6. The molecule has 0 aromatic carbocycles. The van der Waals surface area contributed by atoms with Crippen molar-refractivity contribution >= 4 is 27.1 Å². The monoisotopic (exact) mass is 274 g/mol. The predicted molar refractivity (Wildman–Crippen MR) is 69.1 cm³/mol. The Labute approximate surface area is 106 Å². The van der Waals surface area contributed by atoms with Gasteiger partial charge in [-0.25, -0.2) is 13.4 Å². The minimum atomic E-state index is -2.99. The second-order valence-electron chi connectivity index (χ2n) is 4.42. The van der Waals surface area contributed by atoms with Crippen molar-refractivity contribution in [3.63, 3.8) is 0 Å². The maximum Gasteiger partial charge on any atom is 0.152 e. The van der Waals surface area contributed by atoms with Gasteiger partial charge in [-0.15, -0.1) is 0 Å². The summed E-state index contributed by atoms with van der Waals surface area (Å²) in [6.45, 7) is 0. The van der Waals surface area contributed by atoms with Gasteiger partial charge in [-0.05, 0) is 31.4 Å². The summed E-state index contributed by atoms with van der Waals surface area (Å²) in [5.41, 5.74) is 0.815. The number of nitrogens with one attached hydrogen (secondary N) is 1. The second kappa shape index (κ2) is 4.82. The highest BCUT2D eigenvalue weighted by Gasteiger charge is 2.34. The van der Waals surface area contributed by atoms with Gasteiger partial charge in [-0.2, -0.15) is 0 Å². The molecule has 4 nitrogen and oxygen atoms in total. The summed E-state index contributed by atoms with van der Waals surface area (Å²) in [7, 11) is -2.99. The third kappa shape index (κ3) is 3.10. The van der Waals surface area contributed by atoms with Gasteiger partial charge in [0.2, 0.25) is 0 Å². The normalized spacial score (nSPS) is 24.8. The van der Waals surface area contributed by atoms with Gasteiger partial charge in [0, 0.05) is 12.3 Å². The quantitative estimate of drug-likeness (QED) is 0.858. The van der Waals surface area contributed by atoms with Gasteiger partial charge < -0.3 is 5.32 Å². The Bertz CT molecular complexity index is 487. The van der Waals surface area contributed by atoms with E-state index in [1.165, 1.54) is 6.26 Å². The molecular weight excluding hydrogens is 260 g/mol. The van der Waals surface area contributed by atoms with Crippen molar-refractivity contribution in [2.24, 2.45) is 0 Å². The highest BCUT2D eigenvalue weighted by Crippen LogP contribution is 2.27. The molecule has 1 aliphatic rings. The van der Waals surface area contributed by atoms with Gasteiger partial charge in [0.1, 0.15) is 5.15 Å². The van der Waals surface area contributed by atoms with Crippen LogP contribution in [0.5, 0.6) is 0 Å². The van der Waals surface area contributed by atoms with E-state index in [0.29, 0.717) is 5.15 Å². The van der Waals surface area contributed by atoms with E-state index in [2.05, 4.69) is 10.3 Å². The zero-order valence-corrected chi connectivity index (χ0v) is 11.1. The number of pyridine rings is 1. The van der Waals surface area contributed by atoms with E-state index in [0.717, 1.165) is 24.9 Å². The SMILES string of the molecule is CS(=O)(=O)C1CCCC1Nc1ccc(Cl)nc1. The van der Waals surface area contributed by atoms with E-state index in [1.54, 1.807) is 12.3 Å². The van der Waals surface area contributed by atoms with E-state index in [4.69, 9.17) is 11.6 Å². The molecule has 0 radical (unpaired) electrons. The van der Waals surface area contributed by atoms with E-state index in [1.807, 2.05) is 6.07 Å². The van der Waals surface area contributed by atoms with E-state index < -0.39 is 9.84 Å². The first-order valence-corrected chi connectivity index (χ1v) is 7.87. The molecule has 94 valence electrons. The summed E-state index contributed by atoms with van der Waals surface area (Å²) in [5, 5.41) is 3.36. The molecule has 2 unspecified atom stereocenters. The number of aromatic nitrogens is 1. The second-order valence-corrected chi connectivity index (χ2v) is 7.07. The molecule has 1 aromatic rings. The Balaban J connectivity index is 2.11. The molecule has 1 aromatic heterocycles. The lowest BCUT2D eigenvalue weighted by Gasteiger charge is -2.20. The number of anilines is 1. The van der Waals surface area contributed by atoms with Gasteiger partial charge in [0.15, 0.2) is 9.84 Å². The Hall–Kier alpha value is -0.810. The maximum absolute atomic E-state index is 11.6. The third-order valence-corrected chi connectivity index (χ3v) is 4.97. The molecule has 1 N–H and O–H groups in total. The molecular formula is C11H15ClN2O2S. The van der Waals surface area contributed by atoms with Crippen molar-refractivity contribution in [2.45, 2.75) is 30.6 Å². The van der Waals surface area contributed by atoms with Crippen molar-refractivity contribution in [1.29, 1.82) is 0 Å². The Kier molecular flexibility index (Phi) is 3.58. The number of nitrogens with zero attached hydrogens (tertiary/aromatic N) is 1. The molecule has 17 heavy (non-hydrogen) atoms. The van der Waals surface area contributed by atoms with Crippen LogP contribution in [0.3, 0.4) is 0 Å². The molecule has 2 atom stereocenters. The summed E-state index contributed by atoms with van der Waals surface area (Å²) in [6, 6.07) is 3.48. The van der Waals surface area contributed by atoms with Crippen LogP contribution in [0.15, 0.2) is 18.3 Å². The van der Waals surface area contributed by atoms with Crippen LogP contribution in [0.2, 0.25) is 5.15 Å². The average Bonchev–Trinajstić information content (AvgIpc) is 2.69. The van der Waals surface area contributed by atoms with Gasteiger partial charge >= 0.3 is 0 Å². The lowest BCUT2D eigenvalue weighted by atomic mass is 10.2. The van der Waals surface area contributed by atoms with Gasteiger partial charge in [0.25, 0.3) is 0 Å². The van der Waals surface area contributed by atoms with Gasteiger partial charge in [-0.3, -0.25) is 0 Å². The van der Waals surface area contributed by atoms with E-state index in [-0.39, 0.29) is 11.3 Å². The van der Waals surface area contributed by atoms with Crippen molar-refractivity contribution in [2.75, 3.05) is 11.6 Å². The molecule has 0 bridgehead atoms. The largest absolute Gasteiger partial charge is 0.380 e. The lowest BCUT2D eigenvalue weighted by Crippen LogP contribution is -2.34. The Morgan fingerprint density at radius 3 is 2.76 bits per heavy atom. The number of halogens is 1. The van der Waals surface area contributed by atoms with Gasteiger partial charge in [-0.1, -0.05) is 11.6 Å². The first-order chi connectivity index (χ1) is 7.97. The standard InChI is InChI=1S/C11H15ClN2O2S/c1-17(15,16)10-4-2-3-9(10)14-8-5-6-11(12)13-7-8/h5-7,9-10,14H,2-4H2,1H3. The predicted octanol–water partition coefficient (Wildman–Crippen LogP) is 2.11. The third-order valence-electron chi connectivity index (χ3n) is 3.08. The van der Waals surface area contributed by atoms with Crippen LogP contribution >= 0.6 is 11.6 Å². The van der Waals surface area contributed by atoms with Crippen LogP contribution in [0, 0.1) is 0 Å². The molecule has 1 aliphatic carbocycles. The van der Waals surface area contributed by atoms with Crippen LogP contribution in [0.4, 0.5) is 5.69 Å². The number of rotatable bonds is 3. The molecule has 0 saturated heterocycles. The molecule has 0 aliphatic heterocycles. The van der Waals surface area contributed by atoms with E-state index >= 15 is 0 Å². The van der Waals surface area contributed by atoms with Crippen molar-refractivity contribution in [3.8, 4) is 0 Å². The number of hydrogen-bond acceptors (Lipinski definition) is 4. The Morgan fingerprint density at radius 2 is 2.18 bits per heavy atom. The number of sulfone groups is 1. The zero-order chi connectivity index (χ0) is 12.5. The average molecular weight is 275 g/mol. The van der Waals surface area contributed by atoms with Crippen LogP contribution < -0.4 is 5.32 Å². The minimum absolute atomic E-state index is 0.0204. The molecule has 1 heterocycles. The van der Waals surface area contributed by atoms with Crippen molar-refractivity contribution in [3.05, 3.63) is 23.5 Å². The summed E-state index contributed by atoms with van der Waals surface area (Å²) < 4.78 is 23.2. The fourth-order valence-corrected chi connectivity index (χ4v) is 3.79. The summed E-state index contributed by atoms with van der Waals surface area (Å²) in [6.07, 6.45) is 5.48. The fraction of sp³-hybridized carbons (Fsp3) is 0.545. The minimum Gasteiger partial charge on any atom is -0.380 e. The van der Waals surface area contributed by atoms with Crippen LogP contribution in [-0.4, -0.2) is 30.9 Å². The first-order valence-electron chi connectivity index (χ1n) is 5.54. The van der Waals surface area contributed by atoms with Crippen LogP contribution in [0.25, 0.3) is 0 Å². The molecule has 6 heteroatoms. The summed E-state index contributed by atoms with van der Waals surface area (Å²) in [4.78, 5) is 3.96. The molecule has 0 amide bonds. The smallest absolute Gasteiger partial charge is 0.152 e. The fourth-order valence-electron chi connectivity index (χ4n) is 2.28. The molecule has 2 rings (SSSR count). The highest BCUT2D eigenvalue weighted by molar-refractivity contribution is 7.91. The Morgan fingerprint density at radius 1 is 1.41 bits per heavy atom. The number of hydrogen-bond donors (Lipinski definition) is 1. The molecule has 0 spiro atoms. The maximum atomic E-state index is 11.6. The molecule has 1 saturated carbocycles. The van der Waals surface area contributed by atoms with Gasteiger partial charge in [0.05, 0.1) is 17.1 Å². The summed E-state index contributed by atoms with van der Waals surface area (Å²) >= 11 is 5.69. The topological polar surface area (TPSA) is 59.1 Å². The molecule has 1 fully saturated rings. The highest BCUT2D eigenvalue weighted by atomic mass is 35.5. The zero-order valence-electron chi connectivity index (χ0n) is 9.56.